The predicted octanol–water partition coefficient (Wildman–Crippen LogP) is -0.603. The Morgan fingerprint density at radius 1 is 1.86 bits per heavy atom. The van der Waals surface area contributed by atoms with E-state index in [1.807, 2.05) is 0 Å². The number of nitrogens with two attached hydrogens (primary N) is 1. The van der Waals surface area contributed by atoms with E-state index in [4.69, 9.17) is 5.73 Å². The van der Waals surface area contributed by atoms with Gasteiger partial charge in [-0.15, -0.1) is 5.10 Å². The van der Waals surface area contributed by atoms with Gasteiger partial charge < -0.3 is 5.73 Å². The first-order valence-corrected chi connectivity index (χ1v) is 1.91. The standard InChI is InChI=1S/C3H6N4/c1-7-5-2-3(4)6-7/h2H,1H3,(H2,4,6). The number of hydrogen-bond acceptors (Lipinski definition) is 3. The summed E-state index contributed by atoms with van der Waals surface area (Å²) in [6.45, 7) is 0. The Morgan fingerprint density at radius 3 is 2.71 bits per heavy atom. The summed E-state index contributed by atoms with van der Waals surface area (Å²) in [4.78, 5) is 1.41. The van der Waals surface area contributed by atoms with Crippen molar-refractivity contribution in [2.45, 2.75) is 0 Å². The molecule has 0 atom stereocenters. The third kappa shape index (κ3) is 0.677. The first kappa shape index (κ1) is 4.11. The summed E-state index contributed by atoms with van der Waals surface area (Å²) in [5, 5.41) is 7.39. The number of rotatable bonds is 0. The minimum absolute atomic E-state index is 0.461. The summed E-state index contributed by atoms with van der Waals surface area (Å²) >= 11 is 0. The van der Waals surface area contributed by atoms with E-state index >= 15 is 0 Å². The van der Waals surface area contributed by atoms with Gasteiger partial charge in [-0.1, -0.05) is 0 Å². The molecule has 4 nitrogen and oxygen atoms in total. The average Bonchev–Trinajstić information content (AvgIpc) is 1.87. The van der Waals surface area contributed by atoms with Gasteiger partial charge in [0.05, 0.1) is 6.20 Å². The van der Waals surface area contributed by atoms with Crippen molar-refractivity contribution >= 4 is 5.82 Å². The third-order valence-corrected chi connectivity index (χ3v) is 0.617. The van der Waals surface area contributed by atoms with Crippen LogP contribution in [-0.2, 0) is 7.05 Å². The highest BCUT2D eigenvalue weighted by Crippen LogP contribution is 1.85. The molecular weight excluding hydrogens is 92.1 g/mol. The lowest BCUT2D eigenvalue weighted by Crippen LogP contribution is -1.92. The van der Waals surface area contributed by atoms with E-state index in [0.29, 0.717) is 5.82 Å². The molecule has 0 saturated heterocycles. The van der Waals surface area contributed by atoms with E-state index in [-0.39, 0.29) is 0 Å². The first-order valence-electron chi connectivity index (χ1n) is 1.91. The van der Waals surface area contributed by atoms with Crippen LogP contribution in [-0.4, -0.2) is 15.0 Å². The lowest BCUT2D eigenvalue weighted by molar-refractivity contribution is 0.656. The monoisotopic (exact) mass is 98.1 g/mol. The van der Waals surface area contributed by atoms with Crippen molar-refractivity contribution in [2.24, 2.45) is 7.05 Å². The molecule has 0 aromatic carbocycles. The molecule has 0 radical (unpaired) electrons. The van der Waals surface area contributed by atoms with Gasteiger partial charge in [-0.25, -0.2) is 0 Å². The van der Waals surface area contributed by atoms with Crippen LogP contribution in [0.4, 0.5) is 5.82 Å². The van der Waals surface area contributed by atoms with Crippen molar-refractivity contribution in [2.75, 3.05) is 5.73 Å². The predicted molar refractivity (Wildman–Crippen MR) is 25.4 cm³/mol. The van der Waals surface area contributed by atoms with Crippen LogP contribution in [0.2, 0.25) is 0 Å². The van der Waals surface area contributed by atoms with Crippen LogP contribution < -0.4 is 5.73 Å². The molecule has 4 heteroatoms. The Kier molecular flexibility index (Phi) is 0.714. The van der Waals surface area contributed by atoms with Gasteiger partial charge in [0.1, 0.15) is 0 Å². The van der Waals surface area contributed by atoms with E-state index in [2.05, 4.69) is 10.2 Å². The quantitative estimate of drug-likeness (QED) is 0.471. The number of anilines is 1. The number of hydrogen-bond donors (Lipinski definition) is 1. The fraction of sp³-hybridized carbons (Fsp3) is 0.333. The van der Waals surface area contributed by atoms with E-state index in [0.717, 1.165) is 0 Å². The molecule has 0 aliphatic heterocycles. The molecule has 0 spiro atoms. The topological polar surface area (TPSA) is 56.7 Å². The van der Waals surface area contributed by atoms with Gasteiger partial charge in [0.25, 0.3) is 0 Å². The van der Waals surface area contributed by atoms with Gasteiger partial charge in [0, 0.05) is 7.05 Å². The Morgan fingerprint density at radius 2 is 2.57 bits per heavy atom. The van der Waals surface area contributed by atoms with Gasteiger partial charge in [-0.2, -0.15) is 9.90 Å². The Hall–Kier alpha value is -1.06. The first-order chi connectivity index (χ1) is 3.29. The summed E-state index contributed by atoms with van der Waals surface area (Å²) < 4.78 is 0. The summed E-state index contributed by atoms with van der Waals surface area (Å²) in [6, 6.07) is 0. The van der Waals surface area contributed by atoms with Crippen molar-refractivity contribution < 1.29 is 0 Å². The van der Waals surface area contributed by atoms with Crippen LogP contribution in [0.15, 0.2) is 6.20 Å². The summed E-state index contributed by atoms with van der Waals surface area (Å²) in [6.07, 6.45) is 1.50. The lowest BCUT2D eigenvalue weighted by atomic mass is 10.8. The zero-order chi connectivity index (χ0) is 5.28. The number of aromatic nitrogens is 3. The Bertz CT molecular complexity index is 139. The van der Waals surface area contributed by atoms with Crippen molar-refractivity contribution in [1.82, 2.24) is 15.0 Å². The van der Waals surface area contributed by atoms with Gasteiger partial charge in [-0.05, 0) is 0 Å². The maximum absolute atomic E-state index is 5.18. The summed E-state index contributed by atoms with van der Waals surface area (Å²) in [7, 11) is 1.72. The van der Waals surface area contributed by atoms with Crippen LogP contribution in [0.3, 0.4) is 0 Å². The maximum atomic E-state index is 5.18. The molecule has 0 fully saturated rings. The molecule has 7 heavy (non-hydrogen) atoms. The second kappa shape index (κ2) is 1.22. The SMILES string of the molecule is Cn1ncc(N)n1. The zero-order valence-electron chi connectivity index (χ0n) is 4.00. The molecular formula is C3H6N4. The molecule has 0 aliphatic carbocycles. The van der Waals surface area contributed by atoms with Crippen molar-refractivity contribution in [3.05, 3.63) is 6.20 Å². The van der Waals surface area contributed by atoms with E-state index in [9.17, 15) is 0 Å². The normalized spacial score (nSPS) is 9.29. The number of nitrogens with zero attached hydrogens (tertiary/aromatic N) is 3. The van der Waals surface area contributed by atoms with E-state index < -0.39 is 0 Å². The average molecular weight is 98.1 g/mol. The second-order valence-corrected chi connectivity index (χ2v) is 1.26. The fourth-order valence-corrected chi connectivity index (χ4v) is 0.361. The highest BCUT2D eigenvalue weighted by atomic mass is 15.5. The van der Waals surface area contributed by atoms with Gasteiger partial charge in [-0.3, -0.25) is 0 Å². The minimum Gasteiger partial charge on any atom is -0.381 e. The van der Waals surface area contributed by atoms with Crippen LogP contribution in [0.1, 0.15) is 0 Å². The van der Waals surface area contributed by atoms with Crippen LogP contribution >= 0.6 is 0 Å². The van der Waals surface area contributed by atoms with Crippen molar-refractivity contribution in [1.29, 1.82) is 0 Å². The molecule has 38 valence electrons. The third-order valence-electron chi connectivity index (χ3n) is 0.617. The zero-order valence-corrected chi connectivity index (χ0v) is 4.00. The molecule has 0 bridgehead atoms. The summed E-state index contributed by atoms with van der Waals surface area (Å²) in [5.41, 5.74) is 5.18. The summed E-state index contributed by atoms with van der Waals surface area (Å²) in [5.74, 6) is 0.461. The molecule has 1 heterocycles. The highest BCUT2D eigenvalue weighted by Gasteiger charge is 1.84. The number of nitrogen functional groups attached to an aromatic ring is 1. The van der Waals surface area contributed by atoms with Gasteiger partial charge in [0.2, 0.25) is 0 Å². The Balaban J connectivity index is 3.04. The molecule has 1 rings (SSSR count). The van der Waals surface area contributed by atoms with Gasteiger partial charge in [0.15, 0.2) is 5.82 Å². The Labute approximate surface area is 40.9 Å². The van der Waals surface area contributed by atoms with Crippen LogP contribution in [0.25, 0.3) is 0 Å². The maximum Gasteiger partial charge on any atom is 0.165 e. The molecule has 1 aromatic rings. The largest absolute Gasteiger partial charge is 0.381 e. The molecule has 0 aliphatic rings. The molecule has 0 saturated carbocycles. The molecule has 0 amide bonds. The van der Waals surface area contributed by atoms with Crippen molar-refractivity contribution in [3.8, 4) is 0 Å². The fourth-order valence-electron chi connectivity index (χ4n) is 0.361. The minimum atomic E-state index is 0.461. The van der Waals surface area contributed by atoms with Crippen LogP contribution in [0.5, 0.6) is 0 Å². The van der Waals surface area contributed by atoms with Crippen LogP contribution in [0, 0.1) is 0 Å². The van der Waals surface area contributed by atoms with E-state index in [1.54, 1.807) is 7.05 Å². The highest BCUT2D eigenvalue weighted by molar-refractivity contribution is 5.18. The second-order valence-electron chi connectivity index (χ2n) is 1.26. The smallest absolute Gasteiger partial charge is 0.165 e. The van der Waals surface area contributed by atoms with Crippen molar-refractivity contribution in [3.63, 3.8) is 0 Å². The lowest BCUT2D eigenvalue weighted by Gasteiger charge is -1.77. The van der Waals surface area contributed by atoms with Gasteiger partial charge >= 0.3 is 0 Å². The van der Waals surface area contributed by atoms with E-state index in [1.165, 1.54) is 11.0 Å². The molecule has 0 unspecified atom stereocenters. The molecule has 2 N–H and O–H groups in total. The molecule has 1 aromatic heterocycles. The number of aryl methyl sites for hydroxylation is 1.